The first-order valence-corrected chi connectivity index (χ1v) is 4.87. The van der Waals surface area contributed by atoms with Gasteiger partial charge in [-0.05, 0) is 6.42 Å². The third-order valence-corrected chi connectivity index (χ3v) is 1.50. The molecular weight excluding hydrogens is 228 g/mol. The van der Waals surface area contributed by atoms with E-state index in [1.807, 2.05) is 5.32 Å². The fraction of sp³-hybridized carbons (Fsp3) is 0.500. The van der Waals surface area contributed by atoms with Crippen molar-refractivity contribution in [2.45, 2.75) is 12.8 Å². The second-order valence-electron chi connectivity index (χ2n) is 3.00. The van der Waals surface area contributed by atoms with Gasteiger partial charge in [0.1, 0.15) is 13.2 Å². The first-order chi connectivity index (χ1) is 8.06. The summed E-state index contributed by atoms with van der Waals surface area (Å²) in [6.07, 6.45) is 6.16. The quantitative estimate of drug-likeness (QED) is 0.405. The maximum atomic E-state index is 11.0. The Labute approximate surface area is 98.5 Å². The van der Waals surface area contributed by atoms with Crippen LogP contribution in [0.3, 0.4) is 0 Å². The Kier molecular flexibility index (Phi) is 8.06. The molecule has 0 saturated heterocycles. The standard InChI is InChI=1S/C10H14N2O5/c1-2-3-4-5-11-10(16)12-8(13)6-17-7-9(14)15/h1H,3-7H2,(H,14,15)(H2,11,12,13,16). The maximum absolute atomic E-state index is 11.0. The Morgan fingerprint density at radius 3 is 2.59 bits per heavy atom. The van der Waals surface area contributed by atoms with Crippen LogP contribution in [0.1, 0.15) is 12.8 Å². The van der Waals surface area contributed by atoms with Crippen LogP contribution in [-0.2, 0) is 14.3 Å². The van der Waals surface area contributed by atoms with Crippen molar-refractivity contribution in [3.8, 4) is 12.3 Å². The minimum atomic E-state index is -1.18. The van der Waals surface area contributed by atoms with E-state index in [9.17, 15) is 14.4 Å². The molecule has 0 saturated carbocycles. The van der Waals surface area contributed by atoms with Crippen molar-refractivity contribution in [1.82, 2.24) is 10.6 Å². The largest absolute Gasteiger partial charge is 0.480 e. The minimum Gasteiger partial charge on any atom is -0.480 e. The number of urea groups is 1. The van der Waals surface area contributed by atoms with E-state index < -0.39 is 31.1 Å². The molecule has 0 aromatic heterocycles. The fourth-order valence-electron chi connectivity index (χ4n) is 0.830. The predicted molar refractivity (Wildman–Crippen MR) is 58.1 cm³/mol. The fourth-order valence-corrected chi connectivity index (χ4v) is 0.830. The number of rotatable bonds is 7. The second-order valence-corrected chi connectivity index (χ2v) is 3.00. The van der Waals surface area contributed by atoms with Crippen molar-refractivity contribution in [3.05, 3.63) is 0 Å². The molecule has 0 aromatic carbocycles. The Morgan fingerprint density at radius 1 is 1.29 bits per heavy atom. The summed E-state index contributed by atoms with van der Waals surface area (Å²) in [5, 5.41) is 12.6. The molecule has 0 fully saturated rings. The van der Waals surface area contributed by atoms with E-state index in [1.165, 1.54) is 0 Å². The van der Waals surface area contributed by atoms with Crippen molar-refractivity contribution < 1.29 is 24.2 Å². The average molecular weight is 242 g/mol. The molecule has 0 aromatic rings. The van der Waals surface area contributed by atoms with Crippen molar-refractivity contribution >= 4 is 17.9 Å². The summed E-state index contributed by atoms with van der Waals surface area (Å²) in [6.45, 7) is -0.708. The van der Waals surface area contributed by atoms with Crippen molar-refractivity contribution in [1.29, 1.82) is 0 Å². The molecule has 0 unspecified atom stereocenters. The number of aliphatic carboxylic acids is 1. The summed E-state index contributed by atoms with van der Waals surface area (Å²) in [5.41, 5.74) is 0. The van der Waals surface area contributed by atoms with E-state index in [0.29, 0.717) is 19.4 Å². The van der Waals surface area contributed by atoms with E-state index >= 15 is 0 Å². The number of terminal acetylenes is 1. The van der Waals surface area contributed by atoms with E-state index in [0.717, 1.165) is 0 Å². The number of unbranched alkanes of at least 4 members (excludes halogenated alkanes) is 1. The molecule has 0 heterocycles. The van der Waals surface area contributed by atoms with Crippen LogP contribution in [0, 0.1) is 12.3 Å². The number of ether oxygens (including phenoxy) is 1. The summed E-state index contributed by atoms with van der Waals surface area (Å²) in [5.74, 6) is 0.515. The van der Waals surface area contributed by atoms with Gasteiger partial charge in [0.15, 0.2) is 0 Å². The van der Waals surface area contributed by atoms with E-state index in [-0.39, 0.29) is 0 Å². The molecule has 0 bridgehead atoms. The van der Waals surface area contributed by atoms with Gasteiger partial charge in [-0.15, -0.1) is 12.3 Å². The van der Waals surface area contributed by atoms with Gasteiger partial charge in [0.25, 0.3) is 5.91 Å². The number of imide groups is 1. The van der Waals surface area contributed by atoms with Crippen molar-refractivity contribution in [3.63, 3.8) is 0 Å². The molecule has 0 spiro atoms. The highest BCUT2D eigenvalue weighted by Crippen LogP contribution is 1.82. The highest BCUT2D eigenvalue weighted by atomic mass is 16.5. The van der Waals surface area contributed by atoms with Crippen molar-refractivity contribution in [2.24, 2.45) is 0 Å². The average Bonchev–Trinajstić information content (AvgIpc) is 2.23. The van der Waals surface area contributed by atoms with Gasteiger partial charge in [0, 0.05) is 13.0 Å². The van der Waals surface area contributed by atoms with Crippen LogP contribution in [-0.4, -0.2) is 42.8 Å². The Bertz CT molecular complexity index is 321. The SMILES string of the molecule is C#CCCCNC(=O)NC(=O)COCC(=O)O. The summed E-state index contributed by atoms with van der Waals surface area (Å²) < 4.78 is 4.48. The molecule has 3 amide bonds. The molecule has 0 atom stereocenters. The third-order valence-electron chi connectivity index (χ3n) is 1.50. The zero-order chi connectivity index (χ0) is 13.1. The summed E-state index contributed by atoms with van der Waals surface area (Å²) >= 11 is 0. The van der Waals surface area contributed by atoms with Gasteiger partial charge in [-0.25, -0.2) is 9.59 Å². The molecule has 0 aliphatic rings. The monoisotopic (exact) mass is 242 g/mol. The topological polar surface area (TPSA) is 105 Å². The smallest absolute Gasteiger partial charge is 0.329 e. The number of hydrogen-bond acceptors (Lipinski definition) is 4. The lowest BCUT2D eigenvalue weighted by Crippen LogP contribution is -2.41. The zero-order valence-corrected chi connectivity index (χ0v) is 9.19. The molecule has 7 nitrogen and oxygen atoms in total. The summed E-state index contributed by atoms with van der Waals surface area (Å²) in [6, 6.07) is -0.661. The second kappa shape index (κ2) is 9.18. The molecule has 0 aliphatic heterocycles. The molecular formula is C10H14N2O5. The normalized spacial score (nSPS) is 9.12. The van der Waals surface area contributed by atoms with Crippen LogP contribution in [0.15, 0.2) is 0 Å². The lowest BCUT2D eigenvalue weighted by atomic mass is 10.3. The number of carbonyl (C=O) groups is 3. The van der Waals surface area contributed by atoms with Gasteiger partial charge in [-0.3, -0.25) is 10.1 Å². The van der Waals surface area contributed by atoms with Gasteiger partial charge < -0.3 is 15.2 Å². The molecule has 7 heteroatoms. The highest BCUT2D eigenvalue weighted by Gasteiger charge is 2.07. The maximum Gasteiger partial charge on any atom is 0.329 e. The Balaban J connectivity index is 3.56. The molecule has 94 valence electrons. The number of carbonyl (C=O) groups excluding carboxylic acids is 2. The van der Waals surface area contributed by atoms with Gasteiger partial charge in [0.2, 0.25) is 0 Å². The lowest BCUT2D eigenvalue weighted by molar-refractivity contribution is -0.143. The van der Waals surface area contributed by atoms with Crippen LogP contribution in [0.2, 0.25) is 0 Å². The molecule has 0 rings (SSSR count). The van der Waals surface area contributed by atoms with Gasteiger partial charge in [-0.1, -0.05) is 0 Å². The molecule has 3 N–H and O–H groups in total. The van der Waals surface area contributed by atoms with Crippen molar-refractivity contribution in [2.75, 3.05) is 19.8 Å². The number of hydrogen-bond donors (Lipinski definition) is 3. The van der Waals surface area contributed by atoms with Crippen LogP contribution in [0.4, 0.5) is 4.79 Å². The predicted octanol–water partition coefficient (Wildman–Crippen LogP) is -0.673. The highest BCUT2D eigenvalue weighted by molar-refractivity contribution is 5.94. The minimum absolute atomic E-state index is 0.360. The van der Waals surface area contributed by atoms with E-state index in [1.54, 1.807) is 0 Å². The molecule has 0 radical (unpaired) electrons. The first-order valence-electron chi connectivity index (χ1n) is 4.87. The molecule has 17 heavy (non-hydrogen) atoms. The van der Waals surface area contributed by atoms with Crippen LogP contribution < -0.4 is 10.6 Å². The summed E-state index contributed by atoms with van der Waals surface area (Å²) in [7, 11) is 0. The van der Waals surface area contributed by atoms with Crippen LogP contribution in [0.25, 0.3) is 0 Å². The van der Waals surface area contributed by atoms with Crippen LogP contribution >= 0.6 is 0 Å². The number of carboxylic acids is 1. The third kappa shape index (κ3) is 10.2. The van der Waals surface area contributed by atoms with Gasteiger partial charge in [-0.2, -0.15) is 0 Å². The van der Waals surface area contributed by atoms with E-state index in [4.69, 9.17) is 11.5 Å². The Morgan fingerprint density at radius 2 is 2.00 bits per heavy atom. The molecule has 0 aliphatic carbocycles. The first kappa shape index (κ1) is 14.9. The Hall–Kier alpha value is -2.07. The van der Waals surface area contributed by atoms with Crippen LogP contribution in [0.5, 0.6) is 0 Å². The zero-order valence-electron chi connectivity index (χ0n) is 9.19. The lowest BCUT2D eigenvalue weighted by Gasteiger charge is -2.05. The van der Waals surface area contributed by atoms with E-state index in [2.05, 4.69) is 16.0 Å². The number of carboxylic acid groups (broad SMARTS) is 1. The van der Waals surface area contributed by atoms with Gasteiger partial charge >= 0.3 is 12.0 Å². The number of amides is 3. The summed E-state index contributed by atoms with van der Waals surface area (Å²) in [4.78, 5) is 32.1. The van der Waals surface area contributed by atoms with Gasteiger partial charge in [0.05, 0.1) is 0 Å². The number of nitrogens with one attached hydrogen (secondary N) is 2.